The van der Waals surface area contributed by atoms with Crippen molar-refractivity contribution < 1.29 is 47.1 Å². The minimum Gasteiger partial charge on any atom is -0.378 e. The second-order valence-corrected chi connectivity index (χ2v) is 7.50. The van der Waals surface area contributed by atoms with Gasteiger partial charge in [-0.2, -0.15) is 0 Å². The molecule has 0 amide bonds. The van der Waals surface area contributed by atoms with E-state index >= 15 is 0 Å². The van der Waals surface area contributed by atoms with Gasteiger partial charge in [-0.1, -0.05) is 0 Å². The molecule has 4 atom stereocenters. The average molecular weight is 507 g/mol. The summed E-state index contributed by atoms with van der Waals surface area (Å²) in [6, 6.07) is 0. The van der Waals surface area contributed by atoms with Crippen molar-refractivity contribution in [2.24, 2.45) is 0 Å². The predicted molar refractivity (Wildman–Crippen MR) is 123 cm³/mol. The van der Waals surface area contributed by atoms with E-state index in [4.69, 9.17) is 58.7 Å². The number of rotatable bonds is 23. The molecular weight excluding hydrogens is 464 g/mol. The second-order valence-electron chi connectivity index (χ2n) is 6.72. The molecule has 0 aromatic rings. The molecule has 0 heterocycles. The van der Waals surface area contributed by atoms with E-state index in [0.29, 0.717) is 55.6 Å². The van der Waals surface area contributed by atoms with E-state index in [-0.39, 0.29) is 32.1 Å². The topological polar surface area (TPSA) is 92.3 Å². The molecule has 0 N–H and O–H groups in total. The lowest BCUT2D eigenvalue weighted by Gasteiger charge is -2.39. The molecule has 0 saturated heterocycles. The van der Waals surface area contributed by atoms with Gasteiger partial charge in [-0.15, -0.1) is 11.6 Å². The van der Waals surface area contributed by atoms with Crippen LogP contribution < -0.4 is 0 Å². The van der Waals surface area contributed by atoms with Gasteiger partial charge in [-0.3, -0.25) is 0 Å². The quantitative estimate of drug-likeness (QED) is 0.0876. The summed E-state index contributed by atoms with van der Waals surface area (Å²) in [6.07, 6.45) is -0.311. The molecule has 0 radical (unpaired) electrons. The molecule has 194 valence electrons. The van der Waals surface area contributed by atoms with Gasteiger partial charge in [0.15, 0.2) is 29.4 Å². The molecule has 0 spiro atoms. The van der Waals surface area contributed by atoms with Crippen LogP contribution in [0.3, 0.4) is 0 Å². The smallest absolute Gasteiger partial charge is 0.300 e. The number of ether oxygens (including phenoxy) is 9. The average Bonchev–Trinajstić information content (AvgIpc) is 2.82. The van der Waals surface area contributed by atoms with Gasteiger partial charge in [0.1, 0.15) is 6.10 Å². The first-order valence-corrected chi connectivity index (χ1v) is 12.2. The fraction of sp³-hybridized carbons (Fsp3) is 1.00. The molecule has 0 aliphatic rings. The van der Waals surface area contributed by atoms with Crippen LogP contribution in [0.4, 0.5) is 0 Å². The highest BCUT2D eigenvalue weighted by Crippen LogP contribution is 2.26. The monoisotopic (exact) mass is 506 g/mol. The zero-order chi connectivity index (χ0) is 24.2. The Morgan fingerprint density at radius 1 is 0.688 bits per heavy atom. The minimum atomic E-state index is -1.43. The summed E-state index contributed by atoms with van der Waals surface area (Å²) in [7, 11) is 5.07. The standard InChI is InChI=1S/C20H43ClO10Si/c1-16(22-4)25-10-11-28-19(8-7-9-21)20(31-32,29-14-12-26-17(2)23-5)30-15-13-27-18(3)24-6/h16-19H,7-15H2,1-6,32H3. The number of hydrogen-bond donors (Lipinski definition) is 0. The fourth-order valence-electron chi connectivity index (χ4n) is 2.51. The Morgan fingerprint density at radius 2 is 1.09 bits per heavy atom. The van der Waals surface area contributed by atoms with Gasteiger partial charge in [-0.25, -0.2) is 0 Å². The summed E-state index contributed by atoms with van der Waals surface area (Å²) >= 11 is 5.94. The first-order chi connectivity index (χ1) is 15.4. The van der Waals surface area contributed by atoms with Crippen molar-refractivity contribution in [3.8, 4) is 0 Å². The molecule has 0 aromatic heterocycles. The van der Waals surface area contributed by atoms with Gasteiger partial charge in [0.2, 0.25) is 0 Å². The number of hydrogen-bond acceptors (Lipinski definition) is 10. The number of halogens is 1. The van der Waals surface area contributed by atoms with E-state index in [2.05, 4.69) is 0 Å². The van der Waals surface area contributed by atoms with E-state index < -0.39 is 12.1 Å². The van der Waals surface area contributed by atoms with Gasteiger partial charge in [0, 0.05) is 27.2 Å². The Morgan fingerprint density at radius 3 is 1.47 bits per heavy atom. The van der Waals surface area contributed by atoms with Gasteiger partial charge in [0.05, 0.1) is 39.6 Å². The van der Waals surface area contributed by atoms with Crippen molar-refractivity contribution in [1.82, 2.24) is 0 Å². The predicted octanol–water partition coefficient (Wildman–Crippen LogP) is 1.40. The molecular formula is C20H43ClO10Si. The molecule has 0 rings (SSSR count). The summed E-state index contributed by atoms with van der Waals surface area (Å²) in [5, 5.41) is 0. The summed E-state index contributed by atoms with van der Waals surface area (Å²) in [6.45, 7) is 7.05. The Labute approximate surface area is 200 Å². The van der Waals surface area contributed by atoms with Gasteiger partial charge >= 0.3 is 5.97 Å². The molecule has 0 bridgehead atoms. The molecule has 4 unspecified atom stereocenters. The molecule has 10 nitrogen and oxygen atoms in total. The Bertz CT molecular complexity index is 406. The molecule has 0 aliphatic heterocycles. The highest BCUT2D eigenvalue weighted by molar-refractivity contribution is 6.17. The molecule has 12 heteroatoms. The van der Waals surface area contributed by atoms with Crippen LogP contribution in [0.15, 0.2) is 0 Å². The van der Waals surface area contributed by atoms with Crippen molar-refractivity contribution in [3.63, 3.8) is 0 Å². The van der Waals surface area contributed by atoms with Crippen LogP contribution in [0.2, 0.25) is 0 Å². The number of alkyl halides is 1. The maximum atomic E-state index is 6.07. The van der Waals surface area contributed by atoms with Crippen molar-refractivity contribution in [2.75, 3.05) is 66.9 Å². The van der Waals surface area contributed by atoms with Gasteiger partial charge in [-0.05, 0) is 33.6 Å². The van der Waals surface area contributed by atoms with E-state index in [9.17, 15) is 0 Å². The van der Waals surface area contributed by atoms with Crippen LogP contribution in [0.1, 0.15) is 33.6 Å². The zero-order valence-corrected chi connectivity index (χ0v) is 23.4. The van der Waals surface area contributed by atoms with Crippen LogP contribution in [-0.2, 0) is 47.1 Å². The third-order valence-electron chi connectivity index (χ3n) is 4.51. The van der Waals surface area contributed by atoms with E-state index in [1.807, 2.05) is 6.92 Å². The first-order valence-electron chi connectivity index (χ1n) is 10.8. The molecule has 0 saturated carbocycles. The lowest BCUT2D eigenvalue weighted by atomic mass is 10.1. The van der Waals surface area contributed by atoms with Crippen LogP contribution in [0, 0.1) is 0 Å². The summed E-state index contributed by atoms with van der Waals surface area (Å²) in [5.41, 5.74) is 0. The summed E-state index contributed by atoms with van der Waals surface area (Å²) in [4.78, 5) is 0. The lowest BCUT2D eigenvalue weighted by Crippen LogP contribution is -2.52. The fourth-order valence-corrected chi connectivity index (χ4v) is 3.16. The second kappa shape index (κ2) is 20.5. The molecule has 32 heavy (non-hydrogen) atoms. The van der Waals surface area contributed by atoms with Gasteiger partial charge in [0.25, 0.3) is 0 Å². The lowest BCUT2D eigenvalue weighted by molar-refractivity contribution is -0.391. The third-order valence-corrected chi connectivity index (χ3v) is 5.34. The van der Waals surface area contributed by atoms with Crippen molar-refractivity contribution in [2.45, 2.75) is 64.6 Å². The first kappa shape index (κ1) is 32.1. The Hall–Kier alpha value is 0.107. The maximum Gasteiger partial charge on any atom is 0.300 e. The van der Waals surface area contributed by atoms with Gasteiger partial charge < -0.3 is 47.1 Å². The minimum absolute atomic E-state index is 0.212. The summed E-state index contributed by atoms with van der Waals surface area (Å²) in [5.74, 6) is -0.957. The van der Waals surface area contributed by atoms with Crippen LogP contribution in [0.25, 0.3) is 0 Å². The van der Waals surface area contributed by atoms with Crippen molar-refractivity contribution >= 4 is 22.1 Å². The SMILES string of the molecule is COC(C)OCCOC(CCCCl)C(O[SiH3])(OCCOC(C)OC)OCCOC(C)OC. The van der Waals surface area contributed by atoms with E-state index in [1.54, 1.807) is 35.2 Å². The summed E-state index contributed by atoms with van der Waals surface area (Å²) < 4.78 is 55.8. The van der Waals surface area contributed by atoms with Crippen LogP contribution >= 0.6 is 11.6 Å². The van der Waals surface area contributed by atoms with E-state index in [1.165, 1.54) is 0 Å². The van der Waals surface area contributed by atoms with Crippen molar-refractivity contribution in [1.29, 1.82) is 0 Å². The highest BCUT2D eigenvalue weighted by Gasteiger charge is 2.42. The van der Waals surface area contributed by atoms with E-state index in [0.717, 1.165) is 0 Å². The molecule has 0 aromatic carbocycles. The largest absolute Gasteiger partial charge is 0.378 e. The normalized spacial score (nSPS) is 17.7. The van der Waals surface area contributed by atoms with Crippen LogP contribution in [0.5, 0.6) is 0 Å². The zero-order valence-electron chi connectivity index (χ0n) is 20.6. The van der Waals surface area contributed by atoms with Crippen LogP contribution in [-0.4, -0.2) is 108 Å². The highest BCUT2D eigenvalue weighted by atomic mass is 35.5. The third kappa shape index (κ3) is 14.4. The maximum absolute atomic E-state index is 6.07. The Balaban J connectivity index is 5.15. The molecule has 0 fully saturated rings. The Kier molecular flexibility index (Phi) is 20.5. The number of methoxy groups -OCH3 is 3. The van der Waals surface area contributed by atoms with Crippen molar-refractivity contribution in [3.05, 3.63) is 0 Å². The molecule has 0 aliphatic carbocycles.